The molecule has 8 aromatic rings. The first-order chi connectivity index (χ1) is 29.5. The van der Waals surface area contributed by atoms with E-state index in [-0.39, 0.29) is 42.6 Å². The Morgan fingerprint density at radius 1 is 0.721 bits per heavy atom. The lowest BCUT2D eigenvalue weighted by Crippen LogP contribution is -2.36. The molecule has 61 heavy (non-hydrogen) atoms. The number of rotatable bonds is 10. The van der Waals surface area contributed by atoms with Crippen LogP contribution in [0, 0.1) is 25.5 Å². The first kappa shape index (κ1) is 39.4. The second-order valence-electron chi connectivity index (χ2n) is 14.3. The van der Waals surface area contributed by atoms with Gasteiger partial charge in [0.2, 0.25) is 11.8 Å². The normalized spacial score (nSPS) is 15.9. The molecular formula is C40H38F2N12O7. The Bertz CT molecular complexity index is 2950. The highest BCUT2D eigenvalue weighted by Crippen LogP contribution is 2.44. The number of aliphatic hydroxyl groups excluding tert-OH is 3. The fourth-order valence-corrected chi connectivity index (χ4v) is 7.49. The maximum Gasteiger partial charge on any atom is 0.327 e. The van der Waals surface area contributed by atoms with Crippen LogP contribution in [0.15, 0.2) is 36.9 Å². The van der Waals surface area contributed by atoms with E-state index in [9.17, 15) is 24.1 Å². The van der Waals surface area contributed by atoms with Crippen LogP contribution in [-0.4, -0.2) is 111 Å². The summed E-state index contributed by atoms with van der Waals surface area (Å²) in [6.45, 7) is 2.90. The number of benzene rings is 2. The summed E-state index contributed by atoms with van der Waals surface area (Å²) >= 11 is 0. The van der Waals surface area contributed by atoms with E-state index in [0.29, 0.717) is 102 Å². The van der Waals surface area contributed by atoms with Gasteiger partial charge in [0.25, 0.3) is 0 Å². The van der Waals surface area contributed by atoms with Crippen LogP contribution >= 0.6 is 0 Å². The molecule has 0 spiro atoms. The number of anilines is 2. The summed E-state index contributed by atoms with van der Waals surface area (Å²) in [6, 6.07) is 2.83. The highest BCUT2D eigenvalue weighted by molar-refractivity contribution is 6.15. The topological polar surface area (TPSA) is 256 Å². The van der Waals surface area contributed by atoms with Crippen LogP contribution in [0.1, 0.15) is 29.2 Å². The largest absolute Gasteiger partial charge is 0.473 e. The summed E-state index contributed by atoms with van der Waals surface area (Å²) in [7, 11) is 3.41. The SMILES string of the molecule is CNc1cc(F)c2c3c1[nH]c1nc(Oc4cnc(C)nc4)nc(c13)O[C@@H](C(O)CO)C2.CNc1cc(F)c2c3c1[nH]c1nc(Oc4cnc(C)nc4)nc(c13)O[C@@H](CCO)C2. The predicted octanol–water partition coefficient (Wildman–Crippen LogP) is 4.71. The van der Waals surface area contributed by atoms with Crippen LogP contribution in [0.4, 0.5) is 20.2 Å². The fraction of sp³-hybridized carbons (Fsp3) is 0.300. The van der Waals surface area contributed by atoms with E-state index in [0.717, 1.165) is 0 Å². The predicted molar refractivity (Wildman–Crippen MR) is 217 cm³/mol. The van der Waals surface area contributed by atoms with Crippen LogP contribution in [0.25, 0.3) is 43.9 Å². The van der Waals surface area contributed by atoms with Gasteiger partial charge in [0.1, 0.15) is 52.9 Å². The van der Waals surface area contributed by atoms with Crippen LogP contribution in [0.3, 0.4) is 0 Å². The third-order valence-electron chi connectivity index (χ3n) is 10.4. The van der Waals surface area contributed by atoms with Crippen molar-refractivity contribution >= 4 is 55.2 Å². The number of hydrogen-bond donors (Lipinski definition) is 7. The molecule has 19 nitrogen and oxygen atoms in total. The van der Waals surface area contributed by atoms with Crippen molar-refractivity contribution in [2.24, 2.45) is 0 Å². The van der Waals surface area contributed by atoms with Crippen LogP contribution in [0.2, 0.25) is 0 Å². The lowest BCUT2D eigenvalue weighted by Gasteiger charge is -2.21. The van der Waals surface area contributed by atoms with E-state index < -0.39 is 30.7 Å². The summed E-state index contributed by atoms with van der Waals surface area (Å²) in [5.74, 6) is 1.51. The Morgan fingerprint density at radius 2 is 1.20 bits per heavy atom. The average molecular weight is 837 g/mol. The first-order valence-corrected chi connectivity index (χ1v) is 19.2. The molecule has 3 atom stereocenters. The third kappa shape index (κ3) is 7.21. The minimum atomic E-state index is -1.23. The van der Waals surface area contributed by atoms with Crippen molar-refractivity contribution < 1.29 is 43.0 Å². The number of halogens is 2. The Morgan fingerprint density at radius 3 is 1.66 bits per heavy atom. The summed E-state index contributed by atoms with van der Waals surface area (Å²) in [6.07, 6.45) is 4.15. The van der Waals surface area contributed by atoms with Crippen molar-refractivity contribution in [1.82, 2.24) is 49.8 Å². The molecule has 0 amide bonds. The number of aromatic nitrogens is 10. The molecule has 7 N–H and O–H groups in total. The monoisotopic (exact) mass is 836 g/mol. The van der Waals surface area contributed by atoms with Gasteiger partial charge in [-0.2, -0.15) is 19.9 Å². The number of ether oxygens (including phenoxy) is 4. The van der Waals surface area contributed by atoms with Crippen molar-refractivity contribution in [1.29, 1.82) is 0 Å². The van der Waals surface area contributed by atoms with Gasteiger partial charge in [0, 0.05) is 61.9 Å². The van der Waals surface area contributed by atoms with Gasteiger partial charge in [-0.1, -0.05) is 0 Å². The van der Waals surface area contributed by atoms with Gasteiger partial charge in [0.15, 0.2) is 11.5 Å². The number of nitrogens with one attached hydrogen (secondary N) is 4. The van der Waals surface area contributed by atoms with Gasteiger partial charge in [-0.05, 0) is 26.0 Å². The molecule has 0 saturated carbocycles. The van der Waals surface area contributed by atoms with Crippen molar-refractivity contribution in [2.75, 3.05) is 37.9 Å². The Kier molecular flexibility index (Phi) is 10.2. The smallest absolute Gasteiger partial charge is 0.327 e. The van der Waals surface area contributed by atoms with Crippen molar-refractivity contribution in [2.45, 2.75) is 51.4 Å². The first-order valence-electron chi connectivity index (χ1n) is 19.2. The third-order valence-corrected chi connectivity index (χ3v) is 10.4. The highest BCUT2D eigenvalue weighted by atomic mass is 19.1. The lowest BCUT2D eigenvalue weighted by molar-refractivity contribution is -0.00134. The van der Waals surface area contributed by atoms with Gasteiger partial charge in [0.05, 0.1) is 64.6 Å². The number of hydrogen-bond acceptors (Lipinski definition) is 17. The highest BCUT2D eigenvalue weighted by Gasteiger charge is 2.33. The van der Waals surface area contributed by atoms with Gasteiger partial charge in [-0.25, -0.2) is 28.7 Å². The van der Waals surface area contributed by atoms with Gasteiger partial charge < -0.3 is 54.9 Å². The van der Waals surface area contributed by atoms with Crippen molar-refractivity contribution in [3.63, 3.8) is 0 Å². The summed E-state index contributed by atoms with van der Waals surface area (Å²) in [4.78, 5) is 40.4. The molecule has 2 aliphatic heterocycles. The molecule has 0 bridgehead atoms. The molecule has 0 radical (unpaired) electrons. The molecule has 2 aromatic carbocycles. The molecule has 10 rings (SSSR count). The molecule has 0 saturated heterocycles. The number of H-pyrrole nitrogens is 2. The van der Waals surface area contributed by atoms with E-state index in [1.807, 2.05) is 0 Å². The van der Waals surface area contributed by atoms with E-state index in [2.05, 4.69) is 60.5 Å². The summed E-state index contributed by atoms with van der Waals surface area (Å²) < 4.78 is 53.4. The molecule has 0 fully saturated rings. The van der Waals surface area contributed by atoms with E-state index in [1.54, 1.807) is 27.9 Å². The second-order valence-corrected chi connectivity index (χ2v) is 14.3. The van der Waals surface area contributed by atoms with E-state index in [4.69, 9.17) is 18.9 Å². The molecule has 0 aliphatic carbocycles. The van der Waals surface area contributed by atoms with Crippen molar-refractivity contribution in [3.8, 4) is 35.3 Å². The number of nitrogens with zero attached hydrogens (tertiary/aromatic N) is 8. The van der Waals surface area contributed by atoms with Crippen LogP contribution in [0.5, 0.6) is 35.3 Å². The maximum atomic E-state index is 15.0. The average Bonchev–Trinajstić information content (AvgIpc) is 3.71. The Labute approximate surface area is 343 Å². The molecule has 2 aliphatic rings. The summed E-state index contributed by atoms with van der Waals surface area (Å²) in [5, 5.41) is 37.4. The quantitative estimate of drug-likeness (QED) is 0.0984. The second kappa shape index (κ2) is 15.8. The minimum absolute atomic E-state index is 0.0336. The zero-order chi connectivity index (χ0) is 42.5. The van der Waals surface area contributed by atoms with Gasteiger partial charge in [-0.3, -0.25) is 0 Å². The Hall–Kier alpha value is -7.10. The van der Waals surface area contributed by atoms with E-state index >= 15 is 0 Å². The van der Waals surface area contributed by atoms with Crippen molar-refractivity contribution in [3.05, 3.63) is 71.3 Å². The van der Waals surface area contributed by atoms with Gasteiger partial charge >= 0.3 is 12.0 Å². The molecule has 8 heterocycles. The lowest BCUT2D eigenvalue weighted by atomic mass is 9.99. The zero-order valence-electron chi connectivity index (χ0n) is 33.0. The molecule has 21 heteroatoms. The molecule has 6 aromatic heterocycles. The van der Waals surface area contributed by atoms with Gasteiger partial charge in [-0.15, -0.1) is 0 Å². The molecule has 1 unspecified atom stereocenters. The number of aryl methyl sites for hydroxylation is 2. The fourth-order valence-electron chi connectivity index (χ4n) is 7.49. The standard InChI is InChI=1S/C20H19FN6O4.C20H19FN6O3/c1-8-23-5-9(6-24-8)30-20-26-18-16-15-10(11(21)4-12(22-2)17(15)25-18)3-14(13(29)7-28)31-19(16)27-20;1-9-23-7-11(8-24-9)30-20-26-18-16-15-12(5-10(3-4-28)29-19(16)27-20)13(21)6-14(22-2)17(15)25-18/h4-6,13-14,22,28-29H,3,7H2,1-2H3,(H,25,26,27);6-8,10,22,28H,3-5H2,1-2H3,(H,25,26,27)/t13?,14-;10-/m10/s1. The van der Waals surface area contributed by atoms with Crippen LogP contribution < -0.4 is 29.6 Å². The van der Waals surface area contributed by atoms with Crippen LogP contribution in [-0.2, 0) is 12.8 Å². The maximum absolute atomic E-state index is 15.0. The van der Waals surface area contributed by atoms with E-state index in [1.165, 1.54) is 36.9 Å². The molecular weight excluding hydrogens is 799 g/mol. The number of aliphatic hydroxyl groups is 3. The molecule has 314 valence electrons. The number of aromatic amines is 2. The Balaban J connectivity index is 0.000000156. The minimum Gasteiger partial charge on any atom is -0.473 e. The summed E-state index contributed by atoms with van der Waals surface area (Å²) in [5.41, 5.74) is 4.18. The zero-order valence-corrected chi connectivity index (χ0v) is 33.0.